The fourth-order valence-corrected chi connectivity index (χ4v) is 3.74. The number of carboxylic acids is 1. The smallest absolute Gasteiger partial charge is 0.337 e. The number of halogens is 2. The minimum atomic E-state index is -3.84. The van der Waals surface area contributed by atoms with Crippen LogP contribution in [0.3, 0.4) is 0 Å². The molecule has 0 bridgehead atoms. The zero-order chi connectivity index (χ0) is 17.4. The van der Waals surface area contributed by atoms with E-state index >= 15 is 0 Å². The summed E-state index contributed by atoms with van der Waals surface area (Å²) in [6, 6.07) is 8.87. The lowest BCUT2D eigenvalue weighted by molar-refractivity contribution is 0.0697. The highest BCUT2D eigenvalue weighted by molar-refractivity contribution is 7.92. The van der Waals surface area contributed by atoms with Crippen molar-refractivity contribution < 1.29 is 18.3 Å². The first-order valence-corrected chi connectivity index (χ1v) is 8.62. The molecule has 0 saturated carbocycles. The van der Waals surface area contributed by atoms with E-state index in [4.69, 9.17) is 28.3 Å². The zero-order valence-corrected chi connectivity index (χ0v) is 14.6. The van der Waals surface area contributed by atoms with Gasteiger partial charge in [-0.15, -0.1) is 0 Å². The van der Waals surface area contributed by atoms with Crippen molar-refractivity contribution in [2.75, 3.05) is 11.4 Å². The van der Waals surface area contributed by atoms with Crippen molar-refractivity contribution in [1.29, 1.82) is 0 Å². The molecule has 0 saturated heterocycles. The Morgan fingerprint density at radius 3 is 2.13 bits per heavy atom. The van der Waals surface area contributed by atoms with Gasteiger partial charge in [-0.25, -0.2) is 13.2 Å². The van der Waals surface area contributed by atoms with Crippen molar-refractivity contribution in [2.24, 2.45) is 0 Å². The van der Waals surface area contributed by atoms with E-state index in [1.54, 1.807) is 12.1 Å². The number of rotatable bonds is 4. The monoisotopic (exact) mass is 373 g/mol. The Bertz CT molecular complexity index is 864. The minimum Gasteiger partial charge on any atom is -0.478 e. The van der Waals surface area contributed by atoms with E-state index in [1.807, 2.05) is 6.92 Å². The number of nitrogens with zero attached hydrogens (tertiary/aromatic N) is 1. The zero-order valence-electron chi connectivity index (χ0n) is 12.2. The second-order valence-electron chi connectivity index (χ2n) is 4.85. The molecule has 0 aliphatic carbocycles. The molecule has 2 aromatic rings. The van der Waals surface area contributed by atoms with Gasteiger partial charge in [-0.2, -0.15) is 0 Å². The molecule has 0 unspecified atom stereocenters. The van der Waals surface area contributed by atoms with Gasteiger partial charge in [0.25, 0.3) is 10.0 Å². The molecule has 0 fully saturated rings. The van der Waals surface area contributed by atoms with Gasteiger partial charge in [0.05, 0.1) is 26.2 Å². The van der Waals surface area contributed by atoms with Gasteiger partial charge in [0.1, 0.15) is 0 Å². The number of hydrogen-bond acceptors (Lipinski definition) is 3. The normalized spacial score (nSPS) is 11.3. The van der Waals surface area contributed by atoms with Gasteiger partial charge < -0.3 is 5.11 Å². The van der Waals surface area contributed by atoms with Gasteiger partial charge >= 0.3 is 5.97 Å². The van der Waals surface area contributed by atoms with Crippen LogP contribution < -0.4 is 4.31 Å². The summed E-state index contributed by atoms with van der Waals surface area (Å²) >= 11 is 12.0. The first kappa shape index (κ1) is 17.6. The molecule has 2 aromatic carbocycles. The number of benzene rings is 2. The molecular weight excluding hydrogens is 361 g/mol. The topological polar surface area (TPSA) is 74.7 Å². The second kappa shape index (κ2) is 6.39. The van der Waals surface area contributed by atoms with Crippen molar-refractivity contribution in [1.82, 2.24) is 0 Å². The van der Waals surface area contributed by atoms with E-state index in [1.165, 1.54) is 31.3 Å². The molecular formula is C15H13Cl2NO4S. The average molecular weight is 374 g/mol. The summed E-state index contributed by atoms with van der Waals surface area (Å²) < 4.78 is 26.2. The lowest BCUT2D eigenvalue weighted by Gasteiger charge is -2.21. The predicted molar refractivity (Wildman–Crippen MR) is 90.2 cm³/mol. The molecule has 2 rings (SSSR count). The highest BCUT2D eigenvalue weighted by atomic mass is 35.5. The van der Waals surface area contributed by atoms with E-state index in [2.05, 4.69) is 0 Å². The van der Waals surface area contributed by atoms with Gasteiger partial charge in [0.2, 0.25) is 0 Å². The highest BCUT2D eigenvalue weighted by Crippen LogP contribution is 2.36. The van der Waals surface area contributed by atoms with E-state index in [-0.39, 0.29) is 26.2 Å². The van der Waals surface area contributed by atoms with Gasteiger partial charge in [-0.3, -0.25) is 4.31 Å². The summed E-state index contributed by atoms with van der Waals surface area (Å²) in [6.07, 6.45) is 0. The van der Waals surface area contributed by atoms with Crippen LogP contribution in [0.25, 0.3) is 0 Å². The maximum absolute atomic E-state index is 12.6. The Labute approximate surface area is 144 Å². The summed E-state index contributed by atoms with van der Waals surface area (Å²) in [5.74, 6) is -1.24. The first-order chi connectivity index (χ1) is 10.7. The molecule has 0 spiro atoms. The largest absolute Gasteiger partial charge is 0.478 e. The van der Waals surface area contributed by atoms with Crippen molar-refractivity contribution >= 4 is 44.9 Å². The van der Waals surface area contributed by atoms with Crippen LogP contribution in [0.4, 0.5) is 5.69 Å². The van der Waals surface area contributed by atoms with Gasteiger partial charge in [0.15, 0.2) is 0 Å². The number of sulfonamides is 1. The van der Waals surface area contributed by atoms with E-state index in [0.29, 0.717) is 0 Å². The molecule has 8 heteroatoms. The molecule has 0 aromatic heterocycles. The fraction of sp³-hybridized carbons (Fsp3) is 0.133. The number of carbonyl (C=O) groups is 1. The Morgan fingerprint density at radius 1 is 1.04 bits per heavy atom. The van der Waals surface area contributed by atoms with Crippen LogP contribution in [0.15, 0.2) is 41.3 Å². The van der Waals surface area contributed by atoms with Crippen LogP contribution >= 0.6 is 23.2 Å². The number of hydrogen-bond donors (Lipinski definition) is 1. The van der Waals surface area contributed by atoms with Crippen molar-refractivity contribution in [3.63, 3.8) is 0 Å². The van der Waals surface area contributed by atoms with Crippen molar-refractivity contribution in [2.45, 2.75) is 11.8 Å². The van der Waals surface area contributed by atoms with E-state index in [0.717, 1.165) is 9.87 Å². The first-order valence-electron chi connectivity index (χ1n) is 6.43. The molecule has 0 amide bonds. The standard InChI is InChI=1S/C15H13Cl2NO4S/c1-9-3-5-10(6-4-9)23(21,22)18(2)12-8-7-11(15(19)20)13(16)14(12)17/h3-8H,1-2H3,(H,19,20). The second-order valence-corrected chi connectivity index (χ2v) is 7.58. The van der Waals surface area contributed by atoms with Crippen LogP contribution in [-0.4, -0.2) is 26.5 Å². The van der Waals surface area contributed by atoms with Crippen LogP contribution in [0.5, 0.6) is 0 Å². The third-order valence-corrected chi connectivity index (χ3v) is 5.97. The summed E-state index contributed by atoms with van der Waals surface area (Å²) in [7, 11) is -2.51. The predicted octanol–water partition coefficient (Wildman–Crippen LogP) is 3.83. The number of aryl methyl sites for hydroxylation is 1. The lowest BCUT2D eigenvalue weighted by Crippen LogP contribution is -2.27. The molecule has 0 aliphatic heterocycles. The molecule has 0 radical (unpaired) electrons. The number of carboxylic acid groups (broad SMARTS) is 1. The maximum Gasteiger partial charge on any atom is 0.337 e. The Morgan fingerprint density at radius 2 is 1.61 bits per heavy atom. The van der Waals surface area contributed by atoms with Crippen LogP contribution in [0, 0.1) is 6.92 Å². The molecule has 0 atom stereocenters. The Balaban J connectivity index is 2.52. The molecule has 0 aliphatic rings. The Kier molecular flexibility index (Phi) is 4.89. The van der Waals surface area contributed by atoms with Crippen molar-refractivity contribution in [3.05, 3.63) is 57.6 Å². The SMILES string of the molecule is Cc1ccc(S(=O)(=O)N(C)c2ccc(C(=O)O)c(Cl)c2Cl)cc1. The third-order valence-electron chi connectivity index (χ3n) is 3.31. The quantitative estimate of drug-likeness (QED) is 0.883. The van der Waals surface area contributed by atoms with Gasteiger partial charge in [-0.05, 0) is 31.2 Å². The van der Waals surface area contributed by atoms with Crippen molar-refractivity contribution in [3.8, 4) is 0 Å². The summed E-state index contributed by atoms with van der Waals surface area (Å²) in [6.45, 7) is 1.85. The summed E-state index contributed by atoms with van der Waals surface area (Å²) in [4.78, 5) is 11.1. The summed E-state index contributed by atoms with van der Waals surface area (Å²) in [5, 5.41) is 8.67. The van der Waals surface area contributed by atoms with E-state index < -0.39 is 16.0 Å². The van der Waals surface area contributed by atoms with Gasteiger partial charge in [-0.1, -0.05) is 40.9 Å². The molecule has 5 nitrogen and oxygen atoms in total. The molecule has 0 heterocycles. The minimum absolute atomic E-state index is 0.0973. The van der Waals surface area contributed by atoms with Gasteiger partial charge in [0, 0.05) is 7.05 Å². The van der Waals surface area contributed by atoms with Crippen LogP contribution in [0.2, 0.25) is 10.0 Å². The molecule has 1 N–H and O–H groups in total. The lowest BCUT2D eigenvalue weighted by atomic mass is 10.2. The average Bonchev–Trinajstić information content (AvgIpc) is 2.49. The third kappa shape index (κ3) is 3.29. The van der Waals surface area contributed by atoms with Crippen LogP contribution in [-0.2, 0) is 10.0 Å². The maximum atomic E-state index is 12.6. The summed E-state index contributed by atoms with van der Waals surface area (Å²) in [5.41, 5.74) is 0.835. The Hall–Kier alpha value is -1.76. The van der Waals surface area contributed by atoms with E-state index in [9.17, 15) is 13.2 Å². The number of anilines is 1. The van der Waals surface area contributed by atoms with Crippen LogP contribution in [0.1, 0.15) is 15.9 Å². The number of aromatic carboxylic acids is 1. The molecule has 23 heavy (non-hydrogen) atoms. The highest BCUT2D eigenvalue weighted by Gasteiger charge is 2.25. The molecule has 122 valence electrons. The fourth-order valence-electron chi connectivity index (χ4n) is 1.95.